The van der Waals surface area contributed by atoms with E-state index in [0.717, 1.165) is 32.5 Å². The van der Waals surface area contributed by atoms with Crippen molar-refractivity contribution in [3.05, 3.63) is 70.3 Å². The molecule has 1 saturated heterocycles. The Balaban J connectivity index is 1.43. The minimum Gasteiger partial charge on any atom is -0.345 e. The topological polar surface area (TPSA) is 105 Å². The number of amides is 2. The van der Waals surface area contributed by atoms with Gasteiger partial charge in [0.2, 0.25) is 0 Å². The molecule has 1 aliphatic heterocycles. The maximum Gasteiger partial charge on any atom is 0.313 e. The molecule has 28 heavy (non-hydrogen) atoms. The van der Waals surface area contributed by atoms with E-state index in [1.54, 1.807) is 0 Å². The fourth-order valence-corrected chi connectivity index (χ4v) is 3.18. The largest absolute Gasteiger partial charge is 0.345 e. The zero-order valence-corrected chi connectivity index (χ0v) is 15.3. The normalized spacial score (nSPS) is 15.0. The Bertz CT molecular complexity index is 831. The van der Waals surface area contributed by atoms with E-state index in [-0.39, 0.29) is 11.7 Å². The fourth-order valence-electron chi connectivity index (χ4n) is 3.18. The number of nitro benzene ring substituents is 1. The second kappa shape index (κ2) is 9.09. The van der Waals surface area contributed by atoms with E-state index in [1.165, 1.54) is 29.8 Å². The highest BCUT2D eigenvalue weighted by molar-refractivity contribution is 6.39. The number of nitro groups is 1. The van der Waals surface area contributed by atoms with Gasteiger partial charge in [0.05, 0.1) is 4.92 Å². The van der Waals surface area contributed by atoms with Crippen LogP contribution < -0.4 is 10.6 Å². The van der Waals surface area contributed by atoms with E-state index >= 15 is 0 Å². The number of hydrogen-bond donors (Lipinski definition) is 2. The van der Waals surface area contributed by atoms with E-state index in [4.69, 9.17) is 0 Å². The average Bonchev–Trinajstić information content (AvgIpc) is 2.70. The summed E-state index contributed by atoms with van der Waals surface area (Å²) in [6, 6.07) is 15.5. The molecule has 2 aromatic carbocycles. The summed E-state index contributed by atoms with van der Waals surface area (Å²) in [5.74, 6) is -1.47. The molecule has 146 valence electrons. The maximum atomic E-state index is 12.1. The molecule has 0 bridgehead atoms. The number of likely N-dealkylation sites (tertiary alicyclic amines) is 1. The van der Waals surface area contributed by atoms with Crippen molar-refractivity contribution in [1.82, 2.24) is 10.2 Å². The number of hydrogen-bond acceptors (Lipinski definition) is 5. The summed E-state index contributed by atoms with van der Waals surface area (Å²) < 4.78 is 0. The first kappa shape index (κ1) is 19.5. The third-order valence-corrected chi connectivity index (χ3v) is 4.71. The summed E-state index contributed by atoms with van der Waals surface area (Å²) in [5, 5.41) is 15.9. The molecule has 0 aromatic heterocycles. The lowest BCUT2D eigenvalue weighted by Crippen LogP contribution is -2.47. The van der Waals surface area contributed by atoms with Crippen LogP contribution >= 0.6 is 0 Å². The lowest BCUT2D eigenvalue weighted by atomic mass is 10.0. The predicted molar refractivity (Wildman–Crippen MR) is 105 cm³/mol. The van der Waals surface area contributed by atoms with Crippen molar-refractivity contribution in [2.75, 3.05) is 18.4 Å². The third-order valence-electron chi connectivity index (χ3n) is 4.71. The van der Waals surface area contributed by atoms with Gasteiger partial charge in [0.1, 0.15) is 0 Å². The van der Waals surface area contributed by atoms with Crippen molar-refractivity contribution in [2.24, 2.45) is 0 Å². The van der Waals surface area contributed by atoms with Crippen molar-refractivity contribution < 1.29 is 14.5 Å². The van der Waals surface area contributed by atoms with Gasteiger partial charge in [-0.3, -0.25) is 24.6 Å². The molecule has 1 fully saturated rings. The van der Waals surface area contributed by atoms with Crippen LogP contribution in [0, 0.1) is 10.1 Å². The van der Waals surface area contributed by atoms with Crippen LogP contribution in [0.3, 0.4) is 0 Å². The lowest BCUT2D eigenvalue weighted by Gasteiger charge is -2.32. The molecule has 2 N–H and O–H groups in total. The highest BCUT2D eigenvalue weighted by Crippen LogP contribution is 2.16. The smallest absolute Gasteiger partial charge is 0.313 e. The van der Waals surface area contributed by atoms with Gasteiger partial charge in [0, 0.05) is 43.5 Å². The molecular weight excluding hydrogens is 360 g/mol. The van der Waals surface area contributed by atoms with Gasteiger partial charge in [-0.2, -0.15) is 0 Å². The number of carbonyl (C=O) groups excluding carboxylic acids is 2. The van der Waals surface area contributed by atoms with Crippen LogP contribution in [-0.4, -0.2) is 40.8 Å². The van der Waals surface area contributed by atoms with Crippen molar-refractivity contribution in [1.29, 1.82) is 0 Å². The molecule has 2 aromatic rings. The van der Waals surface area contributed by atoms with Gasteiger partial charge in [-0.1, -0.05) is 30.3 Å². The van der Waals surface area contributed by atoms with E-state index in [9.17, 15) is 19.7 Å². The van der Waals surface area contributed by atoms with Gasteiger partial charge in [0.15, 0.2) is 0 Å². The molecule has 0 radical (unpaired) electrons. The second-order valence-electron chi connectivity index (χ2n) is 6.77. The van der Waals surface area contributed by atoms with Crippen LogP contribution in [0.15, 0.2) is 54.6 Å². The Hall–Kier alpha value is -3.26. The van der Waals surface area contributed by atoms with Gasteiger partial charge in [-0.25, -0.2) is 0 Å². The number of rotatable bonds is 5. The molecule has 0 aliphatic carbocycles. The van der Waals surface area contributed by atoms with Gasteiger partial charge < -0.3 is 10.6 Å². The molecule has 2 amide bonds. The van der Waals surface area contributed by atoms with Crippen LogP contribution in [0.2, 0.25) is 0 Å². The van der Waals surface area contributed by atoms with Crippen molar-refractivity contribution in [3.8, 4) is 0 Å². The summed E-state index contributed by atoms with van der Waals surface area (Å²) >= 11 is 0. The van der Waals surface area contributed by atoms with Crippen molar-refractivity contribution >= 4 is 23.2 Å². The van der Waals surface area contributed by atoms with Crippen LogP contribution in [0.25, 0.3) is 0 Å². The Morgan fingerprint density at radius 1 is 1.00 bits per heavy atom. The summed E-state index contributed by atoms with van der Waals surface area (Å²) in [6.07, 6.45) is 1.56. The van der Waals surface area contributed by atoms with Crippen LogP contribution in [-0.2, 0) is 16.1 Å². The molecule has 8 heteroatoms. The minimum atomic E-state index is -0.777. The molecule has 0 spiro atoms. The Morgan fingerprint density at radius 3 is 2.25 bits per heavy atom. The molecule has 1 heterocycles. The fraction of sp³-hybridized carbons (Fsp3) is 0.300. The maximum absolute atomic E-state index is 12.1. The van der Waals surface area contributed by atoms with Crippen molar-refractivity contribution in [2.45, 2.75) is 25.4 Å². The van der Waals surface area contributed by atoms with Crippen molar-refractivity contribution in [3.63, 3.8) is 0 Å². The standard InChI is InChI=1S/C20H22N4O4/c25-19(21-16-6-8-18(9-7-16)24(27)28)20(26)22-17-10-12-23(13-11-17)14-15-4-2-1-3-5-15/h1-9,17H,10-14H2,(H,21,25)(H,22,26). The first-order valence-electron chi connectivity index (χ1n) is 9.14. The Kier molecular flexibility index (Phi) is 6.33. The Labute approximate surface area is 162 Å². The Morgan fingerprint density at radius 2 is 1.64 bits per heavy atom. The van der Waals surface area contributed by atoms with E-state index in [2.05, 4.69) is 27.7 Å². The average molecular weight is 382 g/mol. The summed E-state index contributed by atoms with van der Waals surface area (Å²) in [5.41, 5.74) is 1.51. The number of nitrogens with one attached hydrogen (secondary N) is 2. The van der Waals surface area contributed by atoms with E-state index in [0.29, 0.717) is 5.69 Å². The molecule has 8 nitrogen and oxygen atoms in total. The van der Waals surface area contributed by atoms with Crippen LogP contribution in [0.5, 0.6) is 0 Å². The number of benzene rings is 2. The van der Waals surface area contributed by atoms with Gasteiger partial charge in [-0.15, -0.1) is 0 Å². The molecule has 0 unspecified atom stereocenters. The van der Waals surface area contributed by atoms with Gasteiger partial charge >= 0.3 is 11.8 Å². The first-order chi connectivity index (χ1) is 13.5. The van der Waals surface area contributed by atoms with Gasteiger partial charge in [-0.05, 0) is 30.5 Å². The van der Waals surface area contributed by atoms with E-state index < -0.39 is 16.7 Å². The molecule has 0 atom stereocenters. The van der Waals surface area contributed by atoms with E-state index in [1.807, 2.05) is 18.2 Å². The molecule has 1 aliphatic rings. The molecule has 0 saturated carbocycles. The number of non-ortho nitro benzene ring substituents is 1. The SMILES string of the molecule is O=C(Nc1ccc([N+](=O)[O-])cc1)C(=O)NC1CCN(Cc2ccccc2)CC1. The molecule has 3 rings (SSSR count). The summed E-state index contributed by atoms with van der Waals surface area (Å²) in [4.78, 5) is 36.6. The summed E-state index contributed by atoms with van der Waals surface area (Å²) in [7, 11) is 0. The molecular formula is C20H22N4O4. The highest BCUT2D eigenvalue weighted by atomic mass is 16.6. The number of anilines is 1. The third kappa shape index (κ3) is 5.37. The first-order valence-corrected chi connectivity index (χ1v) is 9.14. The number of carbonyl (C=O) groups is 2. The zero-order chi connectivity index (χ0) is 19.9. The number of piperidine rings is 1. The van der Waals surface area contributed by atoms with Gasteiger partial charge in [0.25, 0.3) is 5.69 Å². The van der Waals surface area contributed by atoms with Crippen LogP contribution in [0.1, 0.15) is 18.4 Å². The van der Waals surface area contributed by atoms with Crippen LogP contribution in [0.4, 0.5) is 11.4 Å². The lowest BCUT2D eigenvalue weighted by molar-refractivity contribution is -0.384. The minimum absolute atomic E-state index is 0.0397. The zero-order valence-electron chi connectivity index (χ0n) is 15.3. The highest BCUT2D eigenvalue weighted by Gasteiger charge is 2.23. The predicted octanol–water partition coefficient (Wildman–Crippen LogP) is 2.31. The second-order valence-corrected chi connectivity index (χ2v) is 6.77. The number of nitrogens with zero attached hydrogens (tertiary/aromatic N) is 2. The summed E-state index contributed by atoms with van der Waals surface area (Å²) in [6.45, 7) is 2.58. The monoisotopic (exact) mass is 382 g/mol. The quantitative estimate of drug-likeness (QED) is 0.469.